The smallest absolute Gasteiger partial charge is 0.196 e. The van der Waals surface area contributed by atoms with E-state index in [1.807, 2.05) is 0 Å². The zero-order chi connectivity index (χ0) is 15.0. The summed E-state index contributed by atoms with van der Waals surface area (Å²) in [5.74, 6) is -2.23. The Morgan fingerprint density at radius 2 is 1.90 bits per heavy atom. The van der Waals surface area contributed by atoms with Crippen molar-refractivity contribution in [3.8, 4) is 0 Å². The Kier molecular flexibility index (Phi) is 3.90. The molecule has 2 aliphatic rings. The highest BCUT2D eigenvalue weighted by atomic mass is 32.2. The van der Waals surface area contributed by atoms with Gasteiger partial charge in [-0.1, -0.05) is 18.7 Å². The molecular weight excluding hydrogens is 297 g/mol. The predicted molar refractivity (Wildman–Crippen MR) is 80.2 cm³/mol. The van der Waals surface area contributed by atoms with Crippen molar-refractivity contribution >= 4 is 22.6 Å². The fourth-order valence-electron chi connectivity index (χ4n) is 2.84. The van der Waals surface area contributed by atoms with E-state index in [4.69, 9.17) is 0 Å². The van der Waals surface area contributed by atoms with Gasteiger partial charge < -0.3 is 5.32 Å². The van der Waals surface area contributed by atoms with Crippen LogP contribution in [0.15, 0.2) is 17.1 Å². The second-order valence-corrected chi connectivity index (χ2v) is 6.92. The van der Waals surface area contributed by atoms with Gasteiger partial charge in [0, 0.05) is 5.75 Å². The van der Waals surface area contributed by atoms with E-state index in [-0.39, 0.29) is 11.2 Å². The van der Waals surface area contributed by atoms with E-state index in [9.17, 15) is 13.2 Å². The molecule has 1 N–H and O–H groups in total. The second-order valence-electron chi connectivity index (χ2n) is 5.96. The lowest BCUT2D eigenvalue weighted by molar-refractivity contribution is 0.273. The Morgan fingerprint density at radius 1 is 1.19 bits per heavy atom. The highest BCUT2D eigenvalue weighted by Crippen LogP contribution is 2.41. The van der Waals surface area contributed by atoms with E-state index >= 15 is 0 Å². The van der Waals surface area contributed by atoms with Gasteiger partial charge in [0.15, 0.2) is 22.6 Å². The number of anilines is 1. The van der Waals surface area contributed by atoms with Crippen LogP contribution in [0.3, 0.4) is 0 Å². The maximum atomic E-state index is 13.7. The van der Waals surface area contributed by atoms with E-state index in [0.717, 1.165) is 43.4 Å². The van der Waals surface area contributed by atoms with Crippen molar-refractivity contribution in [1.82, 2.24) is 0 Å². The summed E-state index contributed by atoms with van der Waals surface area (Å²) in [4.78, 5) is 4.69. The molecule has 114 valence electrons. The van der Waals surface area contributed by atoms with E-state index in [2.05, 4.69) is 17.2 Å². The standard InChI is InChI=1S/C15H17F3N2S/c1-9-4-6-15(7-5-9)8-21-14(20-15)19-11-3-2-10(16)12(17)13(11)18/h2-3,9H,4-8H2,1H3,(H,19,20). The van der Waals surface area contributed by atoms with Crippen molar-refractivity contribution in [2.75, 3.05) is 11.1 Å². The van der Waals surface area contributed by atoms with E-state index in [1.54, 1.807) is 0 Å². The van der Waals surface area contributed by atoms with Gasteiger partial charge in [0.25, 0.3) is 0 Å². The van der Waals surface area contributed by atoms with Gasteiger partial charge in [-0.3, -0.25) is 4.99 Å². The Morgan fingerprint density at radius 3 is 2.62 bits per heavy atom. The summed E-state index contributed by atoms with van der Waals surface area (Å²) in [6.45, 7) is 2.24. The van der Waals surface area contributed by atoms with Gasteiger partial charge >= 0.3 is 0 Å². The Labute approximate surface area is 126 Å². The van der Waals surface area contributed by atoms with Crippen LogP contribution in [0.1, 0.15) is 32.6 Å². The minimum Gasteiger partial charge on any atom is -0.332 e. The summed E-state index contributed by atoms with van der Waals surface area (Å²) in [6, 6.07) is 2.11. The van der Waals surface area contributed by atoms with Crippen LogP contribution in [0.5, 0.6) is 0 Å². The number of aliphatic imine (C=N–C) groups is 1. The molecule has 1 aliphatic carbocycles. The number of nitrogens with one attached hydrogen (secondary N) is 1. The van der Waals surface area contributed by atoms with Crippen LogP contribution in [0.25, 0.3) is 0 Å². The molecule has 0 atom stereocenters. The molecule has 3 rings (SSSR count). The number of amidine groups is 1. The highest BCUT2D eigenvalue weighted by molar-refractivity contribution is 8.14. The molecule has 1 aromatic carbocycles. The molecule has 1 aliphatic heterocycles. The third-order valence-electron chi connectivity index (χ3n) is 4.30. The Balaban J connectivity index is 1.76. The second kappa shape index (κ2) is 5.55. The fourth-order valence-corrected chi connectivity index (χ4v) is 4.04. The quantitative estimate of drug-likeness (QED) is 0.768. The van der Waals surface area contributed by atoms with E-state index in [1.165, 1.54) is 17.8 Å². The molecule has 6 heteroatoms. The van der Waals surface area contributed by atoms with Crippen molar-refractivity contribution in [2.24, 2.45) is 10.9 Å². The number of thioether (sulfide) groups is 1. The largest absolute Gasteiger partial charge is 0.332 e. The first-order valence-corrected chi connectivity index (χ1v) is 8.11. The van der Waals surface area contributed by atoms with Gasteiger partial charge in [-0.25, -0.2) is 13.2 Å². The van der Waals surface area contributed by atoms with Crippen LogP contribution in [0.4, 0.5) is 18.9 Å². The molecule has 0 unspecified atom stereocenters. The lowest BCUT2D eigenvalue weighted by atomic mass is 9.79. The number of benzene rings is 1. The van der Waals surface area contributed by atoms with Crippen molar-refractivity contribution in [1.29, 1.82) is 0 Å². The molecular formula is C15H17F3N2S. The van der Waals surface area contributed by atoms with Crippen LogP contribution in [0.2, 0.25) is 0 Å². The van der Waals surface area contributed by atoms with Crippen LogP contribution >= 0.6 is 11.8 Å². The van der Waals surface area contributed by atoms with Crippen LogP contribution in [-0.2, 0) is 0 Å². The lowest BCUT2D eigenvalue weighted by Gasteiger charge is -2.32. The van der Waals surface area contributed by atoms with Crippen LogP contribution in [0, 0.1) is 23.4 Å². The Bertz CT molecular complexity index is 581. The first-order chi connectivity index (χ1) is 9.99. The first-order valence-electron chi connectivity index (χ1n) is 7.12. The third-order valence-corrected chi connectivity index (χ3v) is 5.45. The van der Waals surface area contributed by atoms with Gasteiger partial charge in [-0.05, 0) is 43.7 Å². The van der Waals surface area contributed by atoms with Crippen molar-refractivity contribution in [3.63, 3.8) is 0 Å². The number of hydrogen-bond donors (Lipinski definition) is 1. The minimum atomic E-state index is -1.45. The molecule has 1 heterocycles. The number of nitrogens with zero attached hydrogens (tertiary/aromatic N) is 1. The zero-order valence-electron chi connectivity index (χ0n) is 11.8. The van der Waals surface area contributed by atoms with Gasteiger partial charge in [-0.2, -0.15) is 0 Å². The summed E-state index contributed by atoms with van der Waals surface area (Å²) < 4.78 is 39.8. The van der Waals surface area contributed by atoms with Gasteiger partial charge in [0.1, 0.15) is 0 Å². The number of hydrogen-bond acceptors (Lipinski definition) is 3. The minimum absolute atomic E-state index is 0.0610. The van der Waals surface area contributed by atoms with Crippen molar-refractivity contribution < 1.29 is 13.2 Å². The van der Waals surface area contributed by atoms with E-state index < -0.39 is 17.5 Å². The summed E-state index contributed by atoms with van der Waals surface area (Å²) in [5, 5.41) is 3.38. The molecule has 1 saturated carbocycles. The molecule has 1 spiro atoms. The average Bonchev–Trinajstić information content (AvgIpc) is 2.86. The van der Waals surface area contributed by atoms with Gasteiger partial charge in [-0.15, -0.1) is 0 Å². The van der Waals surface area contributed by atoms with E-state index in [0.29, 0.717) is 5.17 Å². The van der Waals surface area contributed by atoms with Crippen molar-refractivity contribution in [3.05, 3.63) is 29.6 Å². The summed E-state index contributed by atoms with van der Waals surface area (Å²) in [5.41, 5.74) is -0.129. The highest BCUT2D eigenvalue weighted by Gasteiger charge is 2.38. The number of rotatable bonds is 1. The van der Waals surface area contributed by atoms with Crippen LogP contribution < -0.4 is 5.32 Å². The SMILES string of the molecule is CC1CCC2(CC1)CSC(Nc1ccc(F)c(F)c1F)=N2. The molecule has 0 radical (unpaired) electrons. The van der Waals surface area contributed by atoms with Crippen molar-refractivity contribution in [2.45, 2.75) is 38.1 Å². The zero-order valence-corrected chi connectivity index (χ0v) is 12.6. The van der Waals surface area contributed by atoms with Gasteiger partial charge in [0.2, 0.25) is 0 Å². The molecule has 0 bridgehead atoms. The molecule has 0 amide bonds. The number of halogens is 3. The topological polar surface area (TPSA) is 24.4 Å². The molecule has 0 saturated heterocycles. The summed E-state index contributed by atoms with van der Waals surface area (Å²) >= 11 is 1.52. The summed E-state index contributed by atoms with van der Waals surface area (Å²) in [6.07, 6.45) is 4.37. The maximum absolute atomic E-state index is 13.7. The average molecular weight is 314 g/mol. The molecule has 21 heavy (non-hydrogen) atoms. The molecule has 2 nitrogen and oxygen atoms in total. The molecule has 0 aromatic heterocycles. The van der Waals surface area contributed by atoms with Gasteiger partial charge in [0.05, 0.1) is 11.2 Å². The first kappa shape index (κ1) is 14.8. The summed E-state index contributed by atoms with van der Waals surface area (Å²) in [7, 11) is 0. The monoisotopic (exact) mass is 314 g/mol. The maximum Gasteiger partial charge on any atom is 0.196 e. The van der Waals surface area contributed by atoms with Crippen LogP contribution in [-0.4, -0.2) is 16.5 Å². The normalized spacial score (nSPS) is 28.8. The molecule has 1 fully saturated rings. The predicted octanol–water partition coefficient (Wildman–Crippen LogP) is 4.57. The third kappa shape index (κ3) is 2.91. The lowest BCUT2D eigenvalue weighted by Crippen LogP contribution is -2.32. The molecule has 1 aromatic rings. The Hall–Kier alpha value is -1.17. The fraction of sp³-hybridized carbons (Fsp3) is 0.533.